The van der Waals surface area contributed by atoms with Crippen LogP contribution in [-0.2, 0) is 9.59 Å². The quantitative estimate of drug-likeness (QED) is 0.238. The van der Waals surface area contributed by atoms with Gasteiger partial charge in [-0.2, -0.15) is 0 Å². The molecule has 2 aliphatic rings. The number of likely N-dealkylation sites (tertiary alicyclic amines) is 1. The van der Waals surface area contributed by atoms with E-state index in [-0.39, 0.29) is 23.1 Å². The van der Waals surface area contributed by atoms with E-state index in [1.165, 1.54) is 31.0 Å². The fraction of sp³-hybridized carbons (Fsp3) is 0.618. The Hall–Kier alpha value is -3.11. The predicted molar refractivity (Wildman–Crippen MR) is 179 cm³/mol. The molecule has 2 amide bonds. The number of thiophene rings is 1. The zero-order valence-corrected chi connectivity index (χ0v) is 28.6. The second kappa shape index (κ2) is 14.3. The number of aryl methyl sites for hydroxylation is 1. The number of fused-ring (bicyclic) bond motifs is 1. The van der Waals surface area contributed by atoms with Crippen molar-refractivity contribution in [3.63, 3.8) is 0 Å². The number of amides is 2. The molecule has 2 N–H and O–H groups in total. The van der Waals surface area contributed by atoms with Gasteiger partial charge in [-0.3, -0.25) is 14.4 Å². The van der Waals surface area contributed by atoms with Gasteiger partial charge in [0.15, 0.2) is 5.78 Å². The Labute approximate surface area is 266 Å². The summed E-state index contributed by atoms with van der Waals surface area (Å²) in [5.41, 5.74) is 2.25. The molecule has 1 saturated carbocycles. The average molecular weight is 623 g/mol. The Morgan fingerprint density at radius 3 is 2.36 bits per heavy atom. The number of nitrogens with one attached hydrogen (secondary N) is 2. The molecule has 0 bridgehead atoms. The zero-order valence-electron chi connectivity index (χ0n) is 27.8. The molecule has 44 heavy (non-hydrogen) atoms. The summed E-state index contributed by atoms with van der Waals surface area (Å²) in [5, 5.41) is 7.37. The number of rotatable bonds is 10. The number of carbonyl (C=O) groups excluding carboxylic acids is 3. The summed E-state index contributed by atoms with van der Waals surface area (Å²) in [4.78, 5) is 54.3. The highest BCUT2D eigenvalue weighted by Gasteiger charge is 2.38. The van der Waals surface area contributed by atoms with Crippen LogP contribution in [0.15, 0.2) is 29.2 Å². The van der Waals surface area contributed by atoms with Gasteiger partial charge in [-0.05, 0) is 83.7 Å². The zero-order chi connectivity index (χ0) is 32.2. The number of anilines is 1. The van der Waals surface area contributed by atoms with Crippen LogP contribution in [0.5, 0.6) is 0 Å². The average Bonchev–Trinajstić information content (AvgIpc) is 3.36. The van der Waals surface area contributed by atoms with Crippen LogP contribution >= 0.6 is 11.3 Å². The minimum absolute atomic E-state index is 0.0181. The summed E-state index contributed by atoms with van der Waals surface area (Å²) in [7, 11) is 4.17. The molecule has 1 aliphatic carbocycles. The Kier molecular flexibility index (Phi) is 11.0. The predicted octanol–water partition coefficient (Wildman–Crippen LogP) is 6.25. The smallest absolute Gasteiger partial charge is 0.264 e. The first-order valence-corrected chi connectivity index (χ1v) is 16.9. The first-order valence-electron chi connectivity index (χ1n) is 16.1. The van der Waals surface area contributed by atoms with Crippen LogP contribution in [0.3, 0.4) is 0 Å². The van der Waals surface area contributed by atoms with Gasteiger partial charge in [-0.25, -0.2) is 9.97 Å². The summed E-state index contributed by atoms with van der Waals surface area (Å²) in [6.45, 7) is 12.9. The highest BCUT2D eigenvalue weighted by Crippen LogP contribution is 2.37. The van der Waals surface area contributed by atoms with Crippen molar-refractivity contribution in [2.24, 2.45) is 5.92 Å². The van der Waals surface area contributed by atoms with Crippen molar-refractivity contribution in [2.75, 3.05) is 32.5 Å². The SMILES string of the molecule is CCC(C)C1(NC(=O)/C(C)=C(C)/C=C(/Nc2ncnc3sc(C(=O)N4CCC(N(C)C)CC4)c(C)c23)C(C)=O)CCCCC1. The maximum Gasteiger partial charge on any atom is 0.264 e. The third kappa shape index (κ3) is 7.23. The number of Topliss-reactive ketones (excluding diaryl/α,β-unsaturated/α-hetero) is 1. The molecule has 1 saturated heterocycles. The van der Waals surface area contributed by atoms with E-state index in [9.17, 15) is 14.4 Å². The summed E-state index contributed by atoms with van der Waals surface area (Å²) in [5.74, 6) is 0.619. The van der Waals surface area contributed by atoms with Crippen LogP contribution < -0.4 is 10.6 Å². The third-order valence-corrected chi connectivity index (χ3v) is 11.2. The maximum absolute atomic E-state index is 13.6. The molecule has 0 spiro atoms. The van der Waals surface area contributed by atoms with Gasteiger partial charge in [0.05, 0.1) is 16.0 Å². The number of hydrogen-bond acceptors (Lipinski definition) is 8. The molecule has 3 heterocycles. The molecule has 1 aliphatic heterocycles. The van der Waals surface area contributed by atoms with Crippen molar-refractivity contribution in [3.05, 3.63) is 39.7 Å². The van der Waals surface area contributed by atoms with E-state index in [0.29, 0.717) is 44.3 Å². The van der Waals surface area contributed by atoms with E-state index in [1.807, 2.05) is 25.7 Å². The number of hydrogen-bond donors (Lipinski definition) is 2. The van der Waals surface area contributed by atoms with Crippen LogP contribution in [0.1, 0.15) is 101 Å². The standard InChI is InChI=1S/C34H50N6O3S/c1-9-22(3)34(15-11-10-12-16-34)38-31(42)23(4)21(2)19-27(25(6)41)37-30-28-24(5)29(44-32(28)36-20-35-30)33(43)40-17-13-26(14-18-40)39(7)8/h19-20,22,26H,9-18H2,1-8H3,(H,38,42)(H,35,36,37)/b23-21+,27-19+. The Balaban J connectivity index is 1.58. The first kappa shape index (κ1) is 33.8. The maximum atomic E-state index is 13.6. The first-order chi connectivity index (χ1) is 20.9. The van der Waals surface area contributed by atoms with Crippen molar-refractivity contribution in [3.8, 4) is 0 Å². The lowest BCUT2D eigenvalue weighted by Gasteiger charge is -2.43. The molecule has 9 nitrogen and oxygen atoms in total. The van der Waals surface area contributed by atoms with Gasteiger partial charge in [0.2, 0.25) is 5.91 Å². The van der Waals surface area contributed by atoms with Gasteiger partial charge >= 0.3 is 0 Å². The molecule has 2 fully saturated rings. The molecule has 1 unspecified atom stereocenters. The summed E-state index contributed by atoms with van der Waals surface area (Å²) < 4.78 is 0. The van der Waals surface area contributed by atoms with Crippen molar-refractivity contribution in [2.45, 2.75) is 104 Å². The molecular formula is C34H50N6O3S. The van der Waals surface area contributed by atoms with E-state index < -0.39 is 0 Å². The number of piperidine rings is 1. The van der Waals surface area contributed by atoms with E-state index in [1.54, 1.807) is 6.08 Å². The Bertz CT molecular complexity index is 1440. The number of aromatic nitrogens is 2. The van der Waals surface area contributed by atoms with Crippen LogP contribution in [0.4, 0.5) is 5.82 Å². The highest BCUT2D eigenvalue weighted by atomic mass is 32.1. The Morgan fingerprint density at radius 2 is 1.77 bits per heavy atom. The molecule has 2 aromatic heterocycles. The summed E-state index contributed by atoms with van der Waals surface area (Å²) in [6.07, 6.45) is 11.6. The van der Waals surface area contributed by atoms with E-state index in [0.717, 1.165) is 69.0 Å². The van der Waals surface area contributed by atoms with E-state index >= 15 is 0 Å². The number of allylic oxidation sites excluding steroid dienone is 3. The molecule has 1 atom stereocenters. The van der Waals surface area contributed by atoms with Crippen LogP contribution in [-0.4, -0.2) is 76.1 Å². The van der Waals surface area contributed by atoms with Gasteiger partial charge in [-0.1, -0.05) is 39.5 Å². The fourth-order valence-electron chi connectivity index (χ4n) is 6.59. The molecule has 10 heteroatoms. The van der Waals surface area contributed by atoms with E-state index in [4.69, 9.17) is 0 Å². The number of carbonyl (C=O) groups is 3. The largest absolute Gasteiger partial charge is 0.347 e. The summed E-state index contributed by atoms with van der Waals surface area (Å²) >= 11 is 1.37. The molecule has 240 valence electrons. The van der Waals surface area contributed by atoms with Gasteiger partial charge in [0, 0.05) is 37.2 Å². The number of ketones is 1. The highest BCUT2D eigenvalue weighted by molar-refractivity contribution is 7.20. The van der Waals surface area contributed by atoms with E-state index in [2.05, 4.69) is 53.4 Å². The van der Waals surface area contributed by atoms with Gasteiger partial charge in [0.25, 0.3) is 5.91 Å². The Morgan fingerprint density at radius 1 is 1.11 bits per heavy atom. The molecule has 0 aromatic carbocycles. The monoisotopic (exact) mass is 622 g/mol. The molecule has 0 radical (unpaired) electrons. The summed E-state index contributed by atoms with van der Waals surface area (Å²) in [6, 6.07) is 0.488. The molecule has 2 aromatic rings. The van der Waals surface area contributed by atoms with Gasteiger partial charge in [0.1, 0.15) is 17.0 Å². The number of nitrogens with zero attached hydrogens (tertiary/aromatic N) is 4. The lowest BCUT2D eigenvalue weighted by molar-refractivity contribution is -0.120. The van der Waals surface area contributed by atoms with Gasteiger partial charge < -0.3 is 20.4 Å². The van der Waals surface area contributed by atoms with Crippen molar-refractivity contribution in [1.29, 1.82) is 0 Å². The van der Waals surface area contributed by atoms with Crippen molar-refractivity contribution in [1.82, 2.24) is 25.1 Å². The topological polar surface area (TPSA) is 108 Å². The fourth-order valence-corrected chi connectivity index (χ4v) is 7.71. The minimum Gasteiger partial charge on any atom is -0.347 e. The third-order valence-electron chi connectivity index (χ3n) is 9.99. The normalized spacial score (nSPS) is 19.1. The van der Waals surface area contributed by atoms with Crippen LogP contribution in [0.25, 0.3) is 10.2 Å². The molecule has 4 rings (SSSR count). The van der Waals surface area contributed by atoms with Gasteiger partial charge in [-0.15, -0.1) is 11.3 Å². The molecular weight excluding hydrogens is 572 g/mol. The second-order valence-corrected chi connectivity index (χ2v) is 14.0. The minimum atomic E-state index is -0.183. The second-order valence-electron chi connectivity index (χ2n) is 13.0. The van der Waals surface area contributed by atoms with Crippen LogP contribution in [0.2, 0.25) is 0 Å². The lowest BCUT2D eigenvalue weighted by Crippen LogP contribution is -2.54. The van der Waals surface area contributed by atoms with Crippen LogP contribution in [0, 0.1) is 12.8 Å². The van der Waals surface area contributed by atoms with Crippen molar-refractivity contribution < 1.29 is 14.4 Å². The lowest BCUT2D eigenvalue weighted by atomic mass is 9.72. The van der Waals surface area contributed by atoms with Crippen molar-refractivity contribution >= 4 is 45.0 Å².